The molecule has 0 heterocycles. The van der Waals surface area contributed by atoms with E-state index in [0.29, 0.717) is 11.3 Å². The molecule has 0 unspecified atom stereocenters. The Morgan fingerprint density at radius 2 is 1.87 bits per heavy atom. The van der Waals surface area contributed by atoms with Gasteiger partial charge in [0.25, 0.3) is 5.91 Å². The zero-order valence-corrected chi connectivity index (χ0v) is 13.8. The number of methoxy groups -OCH3 is 1. The summed E-state index contributed by atoms with van der Waals surface area (Å²) in [5, 5.41) is 12.3. The van der Waals surface area contributed by atoms with E-state index in [4.69, 9.17) is 33.0 Å². The summed E-state index contributed by atoms with van der Waals surface area (Å²) in [5.41, 5.74) is 1.09. The maximum absolute atomic E-state index is 12.5. The summed E-state index contributed by atoms with van der Waals surface area (Å²) in [7, 11) is 1.39. The Balaban J connectivity index is 2.41. The zero-order valence-electron chi connectivity index (χ0n) is 12.3. The second kappa shape index (κ2) is 6.89. The lowest BCUT2D eigenvalue weighted by molar-refractivity contribution is 0.0695. The van der Waals surface area contributed by atoms with Gasteiger partial charge < -0.3 is 15.2 Å². The van der Waals surface area contributed by atoms with Crippen LogP contribution in [0.25, 0.3) is 0 Å². The smallest absolute Gasteiger partial charge is 0.336 e. The number of carbonyl (C=O) groups is 2. The van der Waals surface area contributed by atoms with Crippen molar-refractivity contribution in [2.45, 2.75) is 6.92 Å². The van der Waals surface area contributed by atoms with E-state index in [1.165, 1.54) is 25.3 Å². The van der Waals surface area contributed by atoms with Gasteiger partial charge in [0, 0.05) is 10.7 Å². The van der Waals surface area contributed by atoms with Crippen molar-refractivity contribution in [3.63, 3.8) is 0 Å². The summed E-state index contributed by atoms with van der Waals surface area (Å²) in [6, 6.07) is 7.52. The first-order valence-corrected chi connectivity index (χ1v) is 7.28. The first-order valence-electron chi connectivity index (χ1n) is 6.52. The third-order valence-corrected chi connectivity index (χ3v) is 3.77. The molecule has 7 heteroatoms. The van der Waals surface area contributed by atoms with Crippen LogP contribution < -0.4 is 10.1 Å². The highest BCUT2D eigenvalue weighted by Crippen LogP contribution is 2.33. The molecule has 0 aromatic heterocycles. The number of benzene rings is 2. The molecule has 2 aromatic rings. The molecule has 0 aliphatic rings. The topological polar surface area (TPSA) is 75.6 Å². The van der Waals surface area contributed by atoms with Gasteiger partial charge in [0.2, 0.25) is 0 Å². The van der Waals surface area contributed by atoms with Gasteiger partial charge in [-0.1, -0.05) is 29.3 Å². The van der Waals surface area contributed by atoms with Crippen LogP contribution >= 0.6 is 23.2 Å². The summed E-state index contributed by atoms with van der Waals surface area (Å²) in [4.78, 5) is 23.6. The number of aromatic carboxylic acids is 1. The molecule has 0 bridgehead atoms. The maximum atomic E-state index is 12.5. The maximum Gasteiger partial charge on any atom is 0.336 e. The number of nitrogens with one attached hydrogen (secondary N) is 1. The number of carbonyl (C=O) groups excluding carboxylic acids is 1. The van der Waals surface area contributed by atoms with Crippen LogP contribution in [-0.4, -0.2) is 24.1 Å². The highest BCUT2D eigenvalue weighted by atomic mass is 35.5. The molecule has 0 fully saturated rings. The summed E-state index contributed by atoms with van der Waals surface area (Å²) < 4.78 is 5.14. The Labute approximate surface area is 142 Å². The second-order valence-corrected chi connectivity index (χ2v) is 5.55. The molecular formula is C16H13Cl2NO4. The number of ether oxygens (including phenoxy) is 1. The van der Waals surface area contributed by atoms with Crippen molar-refractivity contribution in [1.29, 1.82) is 0 Å². The van der Waals surface area contributed by atoms with E-state index in [2.05, 4.69) is 5.32 Å². The van der Waals surface area contributed by atoms with E-state index < -0.39 is 11.9 Å². The lowest BCUT2D eigenvalue weighted by Gasteiger charge is -2.13. The Hall–Kier alpha value is -2.24. The molecule has 0 spiro atoms. The Kier molecular flexibility index (Phi) is 5.13. The third-order valence-electron chi connectivity index (χ3n) is 3.27. The zero-order chi connectivity index (χ0) is 17.1. The SMILES string of the molecule is COc1c(Cl)cc(Cl)cc1C(=O)Nc1cccc(C(=O)O)c1C. The number of hydrogen-bond acceptors (Lipinski definition) is 3. The normalized spacial score (nSPS) is 10.3. The van der Waals surface area contributed by atoms with Crippen molar-refractivity contribution in [1.82, 2.24) is 0 Å². The molecule has 23 heavy (non-hydrogen) atoms. The number of anilines is 1. The minimum atomic E-state index is -1.07. The van der Waals surface area contributed by atoms with E-state index >= 15 is 0 Å². The van der Waals surface area contributed by atoms with Gasteiger partial charge in [-0.05, 0) is 36.8 Å². The monoisotopic (exact) mass is 353 g/mol. The van der Waals surface area contributed by atoms with E-state index in [-0.39, 0.29) is 26.9 Å². The van der Waals surface area contributed by atoms with Crippen LogP contribution in [-0.2, 0) is 0 Å². The van der Waals surface area contributed by atoms with Crippen molar-refractivity contribution in [3.8, 4) is 5.75 Å². The lowest BCUT2D eigenvalue weighted by atomic mass is 10.1. The van der Waals surface area contributed by atoms with Crippen LogP contribution in [0.4, 0.5) is 5.69 Å². The number of carboxylic acids is 1. The fourth-order valence-corrected chi connectivity index (χ4v) is 2.70. The number of carboxylic acid groups (broad SMARTS) is 1. The van der Waals surface area contributed by atoms with Gasteiger partial charge in [0.1, 0.15) is 5.75 Å². The summed E-state index contributed by atoms with van der Waals surface area (Å²) >= 11 is 11.9. The predicted octanol–water partition coefficient (Wildman–Crippen LogP) is 4.26. The van der Waals surface area contributed by atoms with Crippen LogP contribution in [0, 0.1) is 6.92 Å². The molecular weight excluding hydrogens is 341 g/mol. The van der Waals surface area contributed by atoms with Gasteiger partial charge in [-0.25, -0.2) is 4.79 Å². The molecule has 2 rings (SSSR count). The van der Waals surface area contributed by atoms with E-state index in [1.54, 1.807) is 19.1 Å². The Morgan fingerprint density at radius 3 is 2.48 bits per heavy atom. The Bertz CT molecular complexity index is 790. The molecule has 0 aliphatic carbocycles. The van der Waals surface area contributed by atoms with Crippen LogP contribution in [0.5, 0.6) is 5.75 Å². The second-order valence-electron chi connectivity index (χ2n) is 4.71. The highest BCUT2D eigenvalue weighted by molar-refractivity contribution is 6.36. The number of amides is 1. The first-order chi connectivity index (χ1) is 10.8. The molecule has 1 amide bonds. The van der Waals surface area contributed by atoms with E-state index in [9.17, 15) is 9.59 Å². The van der Waals surface area contributed by atoms with E-state index in [0.717, 1.165) is 0 Å². The number of hydrogen-bond donors (Lipinski definition) is 2. The molecule has 0 saturated heterocycles. The predicted molar refractivity (Wildman–Crippen MR) is 89.1 cm³/mol. The van der Waals surface area contributed by atoms with Crippen LogP contribution in [0.1, 0.15) is 26.3 Å². The third kappa shape index (κ3) is 3.57. The molecule has 0 atom stereocenters. The van der Waals surface area contributed by atoms with Crippen molar-refractivity contribution in [2.24, 2.45) is 0 Å². The number of halogens is 2. The van der Waals surface area contributed by atoms with Gasteiger partial charge in [0.05, 0.1) is 23.3 Å². The van der Waals surface area contributed by atoms with E-state index in [1.807, 2.05) is 0 Å². The molecule has 0 aliphatic heterocycles. The summed E-state index contributed by atoms with van der Waals surface area (Å²) in [6.07, 6.45) is 0. The highest BCUT2D eigenvalue weighted by Gasteiger charge is 2.18. The van der Waals surface area contributed by atoms with Crippen molar-refractivity contribution in [2.75, 3.05) is 12.4 Å². The van der Waals surface area contributed by atoms with Gasteiger partial charge in [-0.3, -0.25) is 4.79 Å². The van der Waals surface area contributed by atoms with Crippen LogP contribution in [0.3, 0.4) is 0 Å². The molecule has 120 valence electrons. The Morgan fingerprint density at radius 1 is 1.17 bits per heavy atom. The minimum Gasteiger partial charge on any atom is -0.494 e. The van der Waals surface area contributed by atoms with Crippen molar-refractivity contribution < 1.29 is 19.4 Å². The molecule has 2 aromatic carbocycles. The minimum absolute atomic E-state index is 0.110. The first kappa shape index (κ1) is 17.1. The summed E-state index contributed by atoms with van der Waals surface area (Å²) in [6.45, 7) is 1.61. The molecule has 0 radical (unpaired) electrons. The molecule has 2 N–H and O–H groups in total. The quantitative estimate of drug-likeness (QED) is 0.860. The van der Waals surface area contributed by atoms with Crippen LogP contribution in [0.15, 0.2) is 30.3 Å². The fraction of sp³-hybridized carbons (Fsp3) is 0.125. The van der Waals surface area contributed by atoms with Crippen LogP contribution in [0.2, 0.25) is 10.0 Å². The van der Waals surface area contributed by atoms with Gasteiger partial charge in [-0.2, -0.15) is 0 Å². The lowest BCUT2D eigenvalue weighted by Crippen LogP contribution is -2.15. The average Bonchev–Trinajstić information content (AvgIpc) is 2.48. The van der Waals surface area contributed by atoms with Gasteiger partial charge >= 0.3 is 5.97 Å². The van der Waals surface area contributed by atoms with Crippen molar-refractivity contribution >= 4 is 40.8 Å². The standard InChI is InChI=1S/C16H13Cl2NO4/c1-8-10(16(21)22)4-3-5-13(8)19-15(20)11-6-9(17)7-12(18)14(11)23-2/h3-7H,1-2H3,(H,19,20)(H,21,22). The molecule has 0 saturated carbocycles. The number of rotatable bonds is 4. The molecule has 5 nitrogen and oxygen atoms in total. The van der Waals surface area contributed by atoms with Gasteiger partial charge in [0.15, 0.2) is 0 Å². The fourth-order valence-electron chi connectivity index (χ4n) is 2.13. The average molecular weight is 354 g/mol. The van der Waals surface area contributed by atoms with Gasteiger partial charge in [-0.15, -0.1) is 0 Å². The summed E-state index contributed by atoms with van der Waals surface area (Å²) in [5.74, 6) is -1.38. The van der Waals surface area contributed by atoms with Crippen molar-refractivity contribution in [3.05, 3.63) is 57.1 Å². The largest absolute Gasteiger partial charge is 0.494 e.